The molecule has 0 aliphatic heterocycles. The summed E-state index contributed by atoms with van der Waals surface area (Å²) < 4.78 is 0. The van der Waals surface area contributed by atoms with E-state index in [1.54, 1.807) is 0 Å². The fourth-order valence-corrected chi connectivity index (χ4v) is 8.36. The minimum absolute atomic E-state index is 0.143. The van der Waals surface area contributed by atoms with E-state index < -0.39 is 0 Å². The van der Waals surface area contributed by atoms with Gasteiger partial charge in [0.05, 0.1) is 0 Å². The molecule has 0 radical (unpaired) electrons. The zero-order chi connectivity index (χ0) is 21.0. The molecular weight excluding hydrogens is 364 g/mol. The van der Waals surface area contributed by atoms with Gasteiger partial charge < -0.3 is 0 Å². The average Bonchev–Trinajstić information content (AvgIpc) is 2.80. The molecule has 4 aliphatic rings. The first kappa shape index (κ1) is 22.8. The number of ketones is 1. The molecule has 0 N–H and O–H groups in total. The Bertz CT molecular complexity index is 539. The zero-order valence-electron chi connectivity index (χ0n) is 20.4. The zero-order valence-corrected chi connectivity index (χ0v) is 20.4. The molecule has 1 heteroatoms. The lowest BCUT2D eigenvalue weighted by Crippen LogP contribution is -2.59. The first-order chi connectivity index (χ1) is 14.6. The molecule has 0 bridgehead atoms. The minimum Gasteiger partial charge on any atom is -0.298 e. The third kappa shape index (κ3) is 4.71. The summed E-state index contributed by atoms with van der Waals surface area (Å²) in [6.45, 7) is 4.67. The molecule has 0 aromatic heterocycles. The molecule has 1 nitrogen and oxygen atoms in total. The van der Waals surface area contributed by atoms with Gasteiger partial charge in [0.25, 0.3) is 0 Å². The Hall–Kier alpha value is -0.330. The molecule has 4 saturated carbocycles. The predicted molar refractivity (Wildman–Crippen MR) is 128 cm³/mol. The monoisotopic (exact) mass is 414 g/mol. The van der Waals surface area contributed by atoms with E-state index in [9.17, 15) is 4.79 Å². The molecule has 30 heavy (non-hydrogen) atoms. The predicted octanol–water partition coefficient (Wildman–Crippen LogP) is 8.89. The summed E-state index contributed by atoms with van der Waals surface area (Å²) in [4.78, 5) is 13.5. The second-order valence-corrected chi connectivity index (χ2v) is 12.2. The van der Waals surface area contributed by atoms with Crippen molar-refractivity contribution in [3.63, 3.8) is 0 Å². The maximum atomic E-state index is 13.5. The maximum Gasteiger partial charge on any atom is 0.145 e. The Kier molecular flexibility index (Phi) is 7.68. The van der Waals surface area contributed by atoms with Gasteiger partial charge in [-0.1, -0.05) is 71.6 Å². The van der Waals surface area contributed by atoms with E-state index >= 15 is 0 Å². The molecule has 0 heterocycles. The van der Waals surface area contributed by atoms with E-state index in [1.165, 1.54) is 128 Å². The molecule has 0 amide bonds. The van der Waals surface area contributed by atoms with Crippen molar-refractivity contribution in [1.82, 2.24) is 0 Å². The van der Waals surface area contributed by atoms with Crippen LogP contribution in [0.15, 0.2) is 0 Å². The second-order valence-electron chi connectivity index (χ2n) is 12.2. The van der Waals surface area contributed by atoms with Gasteiger partial charge in [0, 0.05) is 10.8 Å². The van der Waals surface area contributed by atoms with E-state index in [4.69, 9.17) is 0 Å². The van der Waals surface area contributed by atoms with Crippen LogP contribution in [0.4, 0.5) is 0 Å². The average molecular weight is 415 g/mol. The summed E-state index contributed by atoms with van der Waals surface area (Å²) in [6, 6.07) is 0. The van der Waals surface area contributed by atoms with Crippen LogP contribution in [0.2, 0.25) is 0 Å². The van der Waals surface area contributed by atoms with Crippen LogP contribution >= 0.6 is 0 Å². The van der Waals surface area contributed by atoms with Crippen molar-refractivity contribution in [2.75, 3.05) is 0 Å². The molecule has 0 unspecified atom stereocenters. The Balaban J connectivity index is 1.18. The quantitative estimate of drug-likeness (QED) is 0.362. The van der Waals surface area contributed by atoms with E-state index in [1.807, 2.05) is 0 Å². The van der Waals surface area contributed by atoms with Crippen molar-refractivity contribution in [2.24, 2.45) is 34.5 Å². The number of Topliss-reactive ketones (excluding diaryl/α,β-unsaturated/α-hetero) is 1. The molecule has 4 fully saturated rings. The van der Waals surface area contributed by atoms with E-state index in [0.29, 0.717) is 0 Å². The van der Waals surface area contributed by atoms with Crippen molar-refractivity contribution < 1.29 is 4.79 Å². The topological polar surface area (TPSA) is 17.1 Å². The highest BCUT2D eigenvalue weighted by molar-refractivity contribution is 5.96. The first-order valence-corrected chi connectivity index (χ1v) is 14.2. The van der Waals surface area contributed by atoms with Gasteiger partial charge in [-0.2, -0.15) is 0 Å². The van der Waals surface area contributed by atoms with Gasteiger partial charge >= 0.3 is 0 Å². The molecule has 0 saturated heterocycles. The summed E-state index contributed by atoms with van der Waals surface area (Å²) in [6.07, 6.45) is 27.4. The van der Waals surface area contributed by atoms with Gasteiger partial charge in [-0.25, -0.2) is 0 Å². The lowest BCUT2D eigenvalue weighted by molar-refractivity contribution is -0.169. The van der Waals surface area contributed by atoms with Crippen molar-refractivity contribution >= 4 is 5.78 Å². The summed E-state index contributed by atoms with van der Waals surface area (Å²) in [5.41, 5.74) is 0.287. The highest BCUT2D eigenvalue weighted by Crippen LogP contribution is 2.64. The fourth-order valence-electron chi connectivity index (χ4n) is 8.36. The lowest BCUT2D eigenvalue weighted by atomic mass is 9.42. The first-order valence-electron chi connectivity index (χ1n) is 14.2. The number of rotatable bonds is 8. The highest BCUT2D eigenvalue weighted by atomic mass is 16.1. The van der Waals surface area contributed by atoms with E-state index in [2.05, 4.69) is 13.8 Å². The number of hydrogen-bond donors (Lipinski definition) is 0. The number of carbonyl (C=O) groups is 1. The molecular formula is C29H50O. The maximum absolute atomic E-state index is 13.5. The fraction of sp³-hybridized carbons (Fsp3) is 0.966. The Morgan fingerprint density at radius 2 is 1.23 bits per heavy atom. The molecule has 0 aromatic carbocycles. The van der Waals surface area contributed by atoms with Crippen LogP contribution in [0.5, 0.6) is 0 Å². The van der Waals surface area contributed by atoms with E-state index in [-0.39, 0.29) is 10.8 Å². The highest BCUT2D eigenvalue weighted by Gasteiger charge is 2.63. The molecule has 0 aromatic rings. The number of hydrogen-bond acceptors (Lipinski definition) is 1. The molecule has 4 aliphatic carbocycles. The van der Waals surface area contributed by atoms with Crippen molar-refractivity contribution in [2.45, 2.75) is 142 Å². The van der Waals surface area contributed by atoms with Gasteiger partial charge in [0.1, 0.15) is 5.78 Å². The Labute approximate surface area is 187 Å². The molecule has 0 atom stereocenters. The van der Waals surface area contributed by atoms with Crippen LogP contribution in [0.25, 0.3) is 0 Å². The number of carbonyl (C=O) groups excluding carboxylic acids is 1. The summed E-state index contributed by atoms with van der Waals surface area (Å²) in [7, 11) is 0. The SMILES string of the molecule is CCCCCCCC1CCC2(CC1)CC1(CCC(C3CCC(CC)CC3)CC1)C2=O. The van der Waals surface area contributed by atoms with Gasteiger partial charge in [0.15, 0.2) is 0 Å². The third-order valence-electron chi connectivity index (χ3n) is 10.5. The molecule has 4 rings (SSSR count). The van der Waals surface area contributed by atoms with Gasteiger partial charge in [0.2, 0.25) is 0 Å². The Morgan fingerprint density at radius 1 is 0.667 bits per heavy atom. The van der Waals surface area contributed by atoms with Crippen molar-refractivity contribution in [3.05, 3.63) is 0 Å². The van der Waals surface area contributed by atoms with Gasteiger partial charge in [-0.3, -0.25) is 4.79 Å². The normalized spacial score (nSPS) is 41.9. The van der Waals surface area contributed by atoms with Gasteiger partial charge in [-0.15, -0.1) is 0 Å². The van der Waals surface area contributed by atoms with Crippen LogP contribution in [0, 0.1) is 34.5 Å². The van der Waals surface area contributed by atoms with Crippen LogP contribution in [0.1, 0.15) is 142 Å². The summed E-state index contributed by atoms with van der Waals surface area (Å²) in [5, 5.41) is 0. The molecule has 172 valence electrons. The van der Waals surface area contributed by atoms with E-state index in [0.717, 1.165) is 29.5 Å². The van der Waals surface area contributed by atoms with Crippen molar-refractivity contribution in [1.29, 1.82) is 0 Å². The van der Waals surface area contributed by atoms with Crippen molar-refractivity contribution in [3.8, 4) is 0 Å². The smallest absolute Gasteiger partial charge is 0.145 e. The largest absolute Gasteiger partial charge is 0.298 e. The van der Waals surface area contributed by atoms with Gasteiger partial charge in [-0.05, 0) is 94.3 Å². The molecule has 2 spiro atoms. The van der Waals surface area contributed by atoms with Crippen LogP contribution < -0.4 is 0 Å². The van der Waals surface area contributed by atoms with Crippen LogP contribution in [-0.2, 0) is 4.79 Å². The third-order valence-corrected chi connectivity index (χ3v) is 10.5. The Morgan fingerprint density at radius 3 is 1.80 bits per heavy atom. The van der Waals surface area contributed by atoms with Crippen LogP contribution in [-0.4, -0.2) is 5.78 Å². The number of unbranched alkanes of at least 4 members (excludes halogenated alkanes) is 4. The summed E-state index contributed by atoms with van der Waals surface area (Å²) >= 11 is 0. The second kappa shape index (κ2) is 10.1. The minimum atomic E-state index is 0.143. The standard InChI is InChI=1S/C29H50O/c1-3-5-6-7-8-9-24-14-18-28(19-15-24)22-29(27(28)30)20-16-26(17-21-29)25-12-10-23(4-2)11-13-25/h23-26H,3-22H2,1-2H3. The summed E-state index contributed by atoms with van der Waals surface area (Å²) in [5.74, 6) is 4.61. The van der Waals surface area contributed by atoms with Crippen LogP contribution in [0.3, 0.4) is 0 Å². The lowest BCUT2D eigenvalue weighted by Gasteiger charge is -2.59.